The van der Waals surface area contributed by atoms with Gasteiger partial charge in [0.2, 0.25) is 0 Å². The molecule has 1 aromatic carbocycles. The lowest BCUT2D eigenvalue weighted by molar-refractivity contribution is 0.0924. The van der Waals surface area contributed by atoms with E-state index in [2.05, 4.69) is 10.4 Å². The number of aromatic nitrogens is 2. The van der Waals surface area contributed by atoms with Gasteiger partial charge in [-0.2, -0.15) is 5.10 Å². The largest absolute Gasteiger partial charge is 0.451 e. The molecule has 4 rings (SSSR count). The summed E-state index contributed by atoms with van der Waals surface area (Å²) >= 11 is 1.64. The zero-order chi connectivity index (χ0) is 16.4. The van der Waals surface area contributed by atoms with Crippen LogP contribution >= 0.6 is 11.3 Å². The summed E-state index contributed by atoms with van der Waals surface area (Å²) in [5, 5.41) is 10.2. The number of para-hydroxylation sites is 1. The van der Waals surface area contributed by atoms with E-state index < -0.39 is 0 Å². The number of rotatable bonds is 5. The average Bonchev–Trinajstić information content (AvgIpc) is 3.35. The molecule has 0 aliphatic heterocycles. The number of nitrogens with one attached hydrogen (secondary N) is 1. The van der Waals surface area contributed by atoms with Crippen molar-refractivity contribution in [1.29, 1.82) is 0 Å². The van der Waals surface area contributed by atoms with Crippen molar-refractivity contribution >= 4 is 28.2 Å². The summed E-state index contributed by atoms with van der Waals surface area (Å²) in [4.78, 5) is 13.6. The molecule has 0 saturated heterocycles. The predicted molar refractivity (Wildman–Crippen MR) is 93.2 cm³/mol. The van der Waals surface area contributed by atoms with Crippen LogP contribution in [0.2, 0.25) is 0 Å². The number of carbonyl (C=O) groups is 1. The van der Waals surface area contributed by atoms with E-state index in [1.165, 1.54) is 0 Å². The number of fused-ring (bicyclic) bond motifs is 1. The number of benzene rings is 1. The van der Waals surface area contributed by atoms with Crippen molar-refractivity contribution in [3.63, 3.8) is 0 Å². The van der Waals surface area contributed by atoms with Crippen LogP contribution in [-0.4, -0.2) is 22.2 Å². The monoisotopic (exact) mass is 337 g/mol. The Balaban J connectivity index is 1.52. The molecule has 120 valence electrons. The number of furan rings is 1. The number of carbonyl (C=O) groups excluding carboxylic acids is 1. The highest BCUT2D eigenvalue weighted by molar-refractivity contribution is 7.10. The van der Waals surface area contributed by atoms with Crippen molar-refractivity contribution in [2.75, 3.05) is 6.54 Å². The molecule has 1 N–H and O–H groups in total. The zero-order valence-electron chi connectivity index (χ0n) is 12.8. The molecule has 0 aliphatic carbocycles. The molecule has 0 radical (unpaired) electrons. The molecule has 1 amide bonds. The lowest BCUT2D eigenvalue weighted by Gasteiger charge is -2.16. The van der Waals surface area contributed by atoms with Gasteiger partial charge in [0.25, 0.3) is 5.91 Å². The van der Waals surface area contributed by atoms with Crippen molar-refractivity contribution in [2.45, 2.75) is 6.04 Å². The lowest BCUT2D eigenvalue weighted by atomic mass is 10.2. The molecule has 3 heterocycles. The van der Waals surface area contributed by atoms with Gasteiger partial charge >= 0.3 is 0 Å². The minimum absolute atomic E-state index is 0.0340. The molecule has 4 aromatic rings. The van der Waals surface area contributed by atoms with Crippen molar-refractivity contribution in [2.24, 2.45) is 0 Å². The highest BCUT2D eigenvalue weighted by Gasteiger charge is 2.18. The van der Waals surface area contributed by atoms with Crippen LogP contribution in [0.4, 0.5) is 0 Å². The van der Waals surface area contributed by atoms with Gasteiger partial charge in [0.15, 0.2) is 5.76 Å². The van der Waals surface area contributed by atoms with E-state index in [1.807, 2.05) is 58.7 Å². The molecule has 5 nitrogen and oxygen atoms in total. The standard InChI is InChI=1S/C18H15N3O2S/c22-18(16-11-13-5-1-2-6-15(13)23-16)19-12-14(17-7-3-10-24-17)21-9-4-8-20-21/h1-11,14H,12H2,(H,19,22). The fourth-order valence-corrected chi connectivity index (χ4v) is 3.46. The Bertz CT molecular complexity index is 875. The molecular weight excluding hydrogens is 322 g/mol. The van der Waals surface area contributed by atoms with E-state index in [9.17, 15) is 4.79 Å². The Morgan fingerprint density at radius 1 is 1.25 bits per heavy atom. The molecule has 0 fully saturated rings. The van der Waals surface area contributed by atoms with E-state index in [0.29, 0.717) is 17.9 Å². The van der Waals surface area contributed by atoms with Crippen LogP contribution in [0.5, 0.6) is 0 Å². The summed E-state index contributed by atoms with van der Waals surface area (Å²) in [5.41, 5.74) is 0.713. The van der Waals surface area contributed by atoms with Crippen LogP contribution < -0.4 is 5.32 Å². The number of amides is 1. The van der Waals surface area contributed by atoms with E-state index >= 15 is 0 Å². The maximum atomic E-state index is 12.4. The lowest BCUT2D eigenvalue weighted by Crippen LogP contribution is -2.31. The minimum atomic E-state index is -0.222. The van der Waals surface area contributed by atoms with Crippen molar-refractivity contribution in [3.8, 4) is 0 Å². The van der Waals surface area contributed by atoms with E-state index in [1.54, 1.807) is 23.6 Å². The van der Waals surface area contributed by atoms with Crippen LogP contribution in [0.15, 0.2) is 70.7 Å². The van der Waals surface area contributed by atoms with E-state index in [-0.39, 0.29) is 11.9 Å². The Labute approximate surface area is 142 Å². The molecule has 0 aliphatic rings. The second kappa shape index (κ2) is 6.33. The smallest absolute Gasteiger partial charge is 0.287 e. The van der Waals surface area contributed by atoms with Gasteiger partial charge < -0.3 is 9.73 Å². The predicted octanol–water partition coefficient (Wildman–Crippen LogP) is 3.71. The summed E-state index contributed by atoms with van der Waals surface area (Å²) in [6, 6.07) is 15.2. The summed E-state index contributed by atoms with van der Waals surface area (Å²) in [6.07, 6.45) is 3.64. The van der Waals surface area contributed by atoms with Crippen LogP contribution in [-0.2, 0) is 0 Å². The maximum Gasteiger partial charge on any atom is 0.287 e. The fourth-order valence-electron chi connectivity index (χ4n) is 2.64. The molecule has 0 spiro atoms. The van der Waals surface area contributed by atoms with Gasteiger partial charge in [0.05, 0.1) is 0 Å². The number of nitrogens with zero attached hydrogens (tertiary/aromatic N) is 2. The third-order valence-corrected chi connectivity index (χ3v) is 4.79. The molecule has 3 aromatic heterocycles. The molecule has 1 unspecified atom stereocenters. The Hall–Kier alpha value is -2.86. The number of hydrogen-bond acceptors (Lipinski definition) is 4. The number of hydrogen-bond donors (Lipinski definition) is 1. The van der Waals surface area contributed by atoms with E-state index in [0.717, 1.165) is 10.3 Å². The van der Waals surface area contributed by atoms with Crippen LogP contribution in [0.25, 0.3) is 11.0 Å². The molecule has 1 atom stereocenters. The highest BCUT2D eigenvalue weighted by atomic mass is 32.1. The van der Waals surface area contributed by atoms with Gasteiger partial charge in [-0.05, 0) is 29.6 Å². The molecular formula is C18H15N3O2S. The first-order valence-corrected chi connectivity index (χ1v) is 8.48. The summed E-state index contributed by atoms with van der Waals surface area (Å²) < 4.78 is 7.46. The molecule has 0 bridgehead atoms. The Morgan fingerprint density at radius 3 is 2.92 bits per heavy atom. The SMILES string of the molecule is O=C(NCC(c1cccs1)n1cccn1)c1cc2ccccc2o1. The third kappa shape index (κ3) is 2.83. The first kappa shape index (κ1) is 14.7. The topological polar surface area (TPSA) is 60.1 Å². The highest BCUT2D eigenvalue weighted by Crippen LogP contribution is 2.23. The van der Waals surface area contributed by atoms with Gasteiger partial charge in [-0.3, -0.25) is 9.48 Å². The quantitative estimate of drug-likeness (QED) is 0.604. The van der Waals surface area contributed by atoms with Crippen LogP contribution in [0.3, 0.4) is 0 Å². The van der Waals surface area contributed by atoms with Crippen LogP contribution in [0.1, 0.15) is 21.5 Å². The van der Waals surface area contributed by atoms with Gasteiger partial charge in [-0.1, -0.05) is 24.3 Å². The fraction of sp³-hybridized carbons (Fsp3) is 0.111. The van der Waals surface area contributed by atoms with Crippen molar-refractivity contribution < 1.29 is 9.21 Å². The number of thiophene rings is 1. The average molecular weight is 337 g/mol. The van der Waals surface area contributed by atoms with Crippen molar-refractivity contribution in [1.82, 2.24) is 15.1 Å². The summed E-state index contributed by atoms with van der Waals surface area (Å²) in [5.74, 6) is 0.0986. The first-order chi connectivity index (χ1) is 11.8. The summed E-state index contributed by atoms with van der Waals surface area (Å²) in [7, 11) is 0. The first-order valence-electron chi connectivity index (χ1n) is 7.60. The van der Waals surface area contributed by atoms with E-state index in [4.69, 9.17) is 4.42 Å². The minimum Gasteiger partial charge on any atom is -0.451 e. The van der Waals surface area contributed by atoms with Gasteiger partial charge in [-0.15, -0.1) is 11.3 Å². The Morgan fingerprint density at radius 2 is 2.17 bits per heavy atom. The van der Waals surface area contributed by atoms with Gasteiger partial charge in [0, 0.05) is 29.2 Å². The third-order valence-electron chi connectivity index (χ3n) is 3.82. The normalized spacial score (nSPS) is 12.3. The van der Waals surface area contributed by atoms with Gasteiger partial charge in [-0.25, -0.2) is 0 Å². The second-order valence-corrected chi connectivity index (χ2v) is 6.36. The van der Waals surface area contributed by atoms with Crippen LogP contribution in [0, 0.1) is 0 Å². The maximum absolute atomic E-state index is 12.4. The zero-order valence-corrected chi connectivity index (χ0v) is 13.6. The molecule has 6 heteroatoms. The van der Waals surface area contributed by atoms with Crippen molar-refractivity contribution in [3.05, 3.63) is 76.9 Å². The second-order valence-electron chi connectivity index (χ2n) is 5.38. The molecule has 0 saturated carbocycles. The Kier molecular flexibility index (Phi) is 3.88. The summed E-state index contributed by atoms with van der Waals surface area (Å²) in [6.45, 7) is 0.443. The van der Waals surface area contributed by atoms with Gasteiger partial charge in [0.1, 0.15) is 11.6 Å². The molecule has 24 heavy (non-hydrogen) atoms.